The van der Waals surface area contributed by atoms with Crippen LogP contribution >= 0.6 is 7.80 Å². The first-order valence-electron chi connectivity index (χ1n) is 8.16. The number of benzene rings is 4. The first-order chi connectivity index (χ1) is 11.8. The van der Waals surface area contributed by atoms with E-state index in [0.29, 0.717) is 12.3 Å². The molecular weight excluding hydrogens is 311 g/mol. The largest absolute Gasteiger partial charge is 0.348 e. The van der Waals surface area contributed by atoms with E-state index < -0.39 is 7.80 Å². The van der Waals surface area contributed by atoms with Crippen LogP contribution in [0.4, 0.5) is 0 Å². The lowest BCUT2D eigenvalue weighted by Crippen LogP contribution is -1.88. The summed E-state index contributed by atoms with van der Waals surface area (Å²) < 4.78 is 12.8. The van der Waals surface area contributed by atoms with Gasteiger partial charge in [0.1, 0.15) is 0 Å². The van der Waals surface area contributed by atoms with Gasteiger partial charge in [0.25, 0.3) is 0 Å². The fraction of sp³-hybridized carbons (Fsp3) is 0.0909. The second-order valence-corrected chi connectivity index (χ2v) is 7.67. The van der Waals surface area contributed by atoms with Crippen molar-refractivity contribution in [1.82, 2.24) is 0 Å². The second kappa shape index (κ2) is 6.55. The first-order valence-corrected chi connectivity index (χ1v) is 9.79. The van der Waals surface area contributed by atoms with Gasteiger partial charge in [0.05, 0.1) is 0 Å². The van der Waals surface area contributed by atoms with E-state index in [1.807, 2.05) is 24.3 Å². The van der Waals surface area contributed by atoms with E-state index in [1.165, 1.54) is 32.7 Å². The molecule has 0 aliphatic heterocycles. The molecule has 0 radical (unpaired) electrons. The molecule has 0 aliphatic rings. The summed E-state index contributed by atoms with van der Waals surface area (Å²) in [5.41, 5.74) is 2.35. The summed E-state index contributed by atoms with van der Waals surface area (Å²) in [4.78, 5) is 0. The number of fused-ring (bicyclic) bond motifs is 2. The normalized spacial score (nSPS) is 11.0. The summed E-state index contributed by atoms with van der Waals surface area (Å²) in [6, 6.07) is 29.1. The van der Waals surface area contributed by atoms with Crippen LogP contribution in [0.1, 0.15) is 11.1 Å². The summed E-state index contributed by atoms with van der Waals surface area (Å²) in [6.45, 7) is 0. The van der Waals surface area contributed by atoms with E-state index in [1.54, 1.807) is 0 Å². The van der Waals surface area contributed by atoms with Gasteiger partial charge in [-0.3, -0.25) is 0 Å². The minimum Gasteiger partial charge on any atom is -0.0740 e. The molecule has 1 nitrogen and oxygen atoms in total. The lowest BCUT2D eigenvalue weighted by atomic mass is 10.1. The van der Waals surface area contributed by atoms with Crippen LogP contribution in [0.15, 0.2) is 84.9 Å². The van der Waals surface area contributed by atoms with Gasteiger partial charge in [0, 0.05) is 11.1 Å². The van der Waals surface area contributed by atoms with Crippen molar-refractivity contribution in [1.29, 1.82) is 0 Å². The Labute approximate surface area is 142 Å². The molecule has 0 heterocycles. The molecule has 24 heavy (non-hydrogen) atoms. The topological polar surface area (TPSA) is 17.1 Å². The molecule has 2 heteroatoms. The third kappa shape index (κ3) is 2.96. The third-order valence-corrected chi connectivity index (χ3v) is 5.84. The first kappa shape index (κ1) is 15.1. The highest BCUT2D eigenvalue weighted by atomic mass is 31.1. The van der Waals surface area contributed by atoms with Crippen molar-refractivity contribution < 1.29 is 4.57 Å². The molecule has 4 aromatic carbocycles. The molecule has 0 aromatic heterocycles. The second-order valence-electron chi connectivity index (χ2n) is 6.07. The van der Waals surface area contributed by atoms with Crippen molar-refractivity contribution in [3.8, 4) is 0 Å². The standard InChI is InChI=1S/C22H18OP/c23-24(15-19-11-5-9-17-7-1-3-13-21(17)19)16-20-12-6-10-18-8-2-4-14-22(18)20/h1-14H,15-16H2/q+1. The van der Waals surface area contributed by atoms with Crippen molar-refractivity contribution in [2.75, 3.05) is 0 Å². The molecule has 4 aromatic rings. The van der Waals surface area contributed by atoms with Crippen LogP contribution in [0.3, 0.4) is 0 Å². The average molecular weight is 329 g/mol. The van der Waals surface area contributed by atoms with Gasteiger partial charge in [-0.1, -0.05) is 89.5 Å². The maximum Gasteiger partial charge on any atom is 0.348 e. The molecule has 4 rings (SSSR count). The Morgan fingerprint density at radius 2 is 0.958 bits per heavy atom. The highest BCUT2D eigenvalue weighted by Gasteiger charge is 2.19. The molecule has 0 bridgehead atoms. The molecule has 0 unspecified atom stereocenters. The van der Waals surface area contributed by atoms with Crippen molar-refractivity contribution in [3.63, 3.8) is 0 Å². The summed E-state index contributed by atoms with van der Waals surface area (Å²) >= 11 is 0. The van der Waals surface area contributed by atoms with Crippen LogP contribution in [0.25, 0.3) is 21.5 Å². The average Bonchev–Trinajstić information content (AvgIpc) is 2.62. The molecule has 0 saturated heterocycles. The predicted molar refractivity (Wildman–Crippen MR) is 103 cm³/mol. The zero-order chi connectivity index (χ0) is 16.4. The molecule has 0 aliphatic carbocycles. The van der Waals surface area contributed by atoms with Crippen molar-refractivity contribution in [2.45, 2.75) is 12.3 Å². The highest BCUT2D eigenvalue weighted by molar-refractivity contribution is 7.43. The van der Waals surface area contributed by atoms with E-state index in [2.05, 4.69) is 60.7 Å². The quantitative estimate of drug-likeness (QED) is 0.389. The maximum absolute atomic E-state index is 12.8. The Hall–Kier alpha value is -2.50. The van der Waals surface area contributed by atoms with Gasteiger partial charge in [-0.2, -0.15) is 0 Å². The Morgan fingerprint density at radius 3 is 1.46 bits per heavy atom. The number of hydrogen-bond acceptors (Lipinski definition) is 1. The van der Waals surface area contributed by atoms with Crippen LogP contribution in [-0.4, -0.2) is 0 Å². The zero-order valence-electron chi connectivity index (χ0n) is 13.4. The SMILES string of the molecule is O=[P+](Cc1cccc2ccccc12)Cc1cccc2ccccc12. The fourth-order valence-electron chi connectivity index (χ4n) is 3.30. The summed E-state index contributed by atoms with van der Waals surface area (Å²) in [5.74, 6) is 0. The molecule has 0 N–H and O–H groups in total. The van der Waals surface area contributed by atoms with Gasteiger partial charge in [0.15, 0.2) is 12.3 Å². The van der Waals surface area contributed by atoms with Crippen LogP contribution in [0.2, 0.25) is 0 Å². The minimum atomic E-state index is -1.33. The van der Waals surface area contributed by atoms with Crippen LogP contribution in [0.5, 0.6) is 0 Å². The maximum atomic E-state index is 12.8. The highest BCUT2D eigenvalue weighted by Crippen LogP contribution is 2.36. The molecule has 0 spiro atoms. The third-order valence-electron chi connectivity index (χ3n) is 4.45. The predicted octanol–water partition coefficient (Wildman–Crippen LogP) is 6.52. The van der Waals surface area contributed by atoms with E-state index >= 15 is 0 Å². The van der Waals surface area contributed by atoms with Gasteiger partial charge in [-0.15, -0.1) is 0 Å². The van der Waals surface area contributed by atoms with Crippen LogP contribution in [-0.2, 0) is 16.9 Å². The summed E-state index contributed by atoms with van der Waals surface area (Å²) in [5, 5.41) is 4.84. The summed E-state index contributed by atoms with van der Waals surface area (Å²) in [7, 11) is -1.33. The molecular formula is C22H18OP+. The molecule has 0 atom stereocenters. The van der Waals surface area contributed by atoms with Crippen molar-refractivity contribution in [2.24, 2.45) is 0 Å². The number of hydrogen-bond donors (Lipinski definition) is 0. The smallest absolute Gasteiger partial charge is 0.0740 e. The van der Waals surface area contributed by atoms with E-state index in [4.69, 9.17) is 0 Å². The van der Waals surface area contributed by atoms with Crippen LogP contribution < -0.4 is 0 Å². The lowest BCUT2D eigenvalue weighted by Gasteiger charge is -2.03. The molecule has 0 saturated carbocycles. The van der Waals surface area contributed by atoms with Gasteiger partial charge >= 0.3 is 7.80 Å². The molecule has 116 valence electrons. The van der Waals surface area contributed by atoms with Gasteiger partial charge in [-0.25, -0.2) is 0 Å². The Morgan fingerprint density at radius 1 is 0.542 bits per heavy atom. The van der Waals surface area contributed by atoms with Crippen LogP contribution in [0, 0.1) is 0 Å². The Bertz CT molecular complexity index is 942. The van der Waals surface area contributed by atoms with Gasteiger partial charge < -0.3 is 0 Å². The monoisotopic (exact) mass is 329 g/mol. The number of rotatable bonds is 4. The van der Waals surface area contributed by atoms with E-state index in [9.17, 15) is 4.57 Å². The van der Waals surface area contributed by atoms with E-state index in [-0.39, 0.29) is 0 Å². The fourth-order valence-corrected chi connectivity index (χ4v) is 4.72. The van der Waals surface area contributed by atoms with Crippen molar-refractivity contribution in [3.05, 3.63) is 96.1 Å². The van der Waals surface area contributed by atoms with E-state index in [0.717, 1.165) is 0 Å². The lowest BCUT2D eigenvalue weighted by molar-refractivity contribution is 0.587. The molecule has 0 fully saturated rings. The minimum absolute atomic E-state index is 0.625. The zero-order valence-corrected chi connectivity index (χ0v) is 14.2. The van der Waals surface area contributed by atoms with Gasteiger partial charge in [0.2, 0.25) is 0 Å². The molecule has 0 amide bonds. The Balaban J connectivity index is 1.62. The van der Waals surface area contributed by atoms with Crippen molar-refractivity contribution >= 4 is 29.3 Å². The Kier molecular flexibility index (Phi) is 4.11. The van der Waals surface area contributed by atoms with Gasteiger partial charge in [-0.05, 0) is 21.5 Å². The summed E-state index contributed by atoms with van der Waals surface area (Å²) in [6.07, 6.45) is 1.25.